The van der Waals surface area contributed by atoms with E-state index in [0.717, 1.165) is 12.3 Å². The number of H-pyrrole nitrogens is 2. The van der Waals surface area contributed by atoms with Gasteiger partial charge in [-0.3, -0.25) is 9.44 Å². The molecule has 0 atom stereocenters. The highest BCUT2D eigenvalue weighted by Gasteiger charge is 2.23. The van der Waals surface area contributed by atoms with Crippen LogP contribution >= 0.6 is 34.8 Å². The number of aromatic nitrogens is 3. The van der Waals surface area contributed by atoms with Crippen molar-refractivity contribution in [1.82, 2.24) is 15.0 Å². The summed E-state index contributed by atoms with van der Waals surface area (Å²) in [6.07, 6.45) is 3.71. The van der Waals surface area contributed by atoms with E-state index < -0.39 is 54.0 Å². The molecule has 0 amide bonds. The summed E-state index contributed by atoms with van der Waals surface area (Å²) in [6, 6.07) is 11.9. The van der Waals surface area contributed by atoms with Gasteiger partial charge in [0, 0.05) is 52.0 Å². The predicted octanol–water partition coefficient (Wildman–Crippen LogP) is 7.72. The van der Waals surface area contributed by atoms with E-state index in [1.165, 1.54) is 19.5 Å². The monoisotopic (exact) mass is 731 g/mol. The van der Waals surface area contributed by atoms with Crippen LogP contribution in [0.2, 0.25) is 15.1 Å². The van der Waals surface area contributed by atoms with Crippen molar-refractivity contribution >= 4 is 88.2 Å². The fourth-order valence-corrected chi connectivity index (χ4v) is 7.10. The normalized spacial score (nSPS) is 11.7. The minimum Gasteiger partial charge on any atom is -0.497 e. The molecule has 18 heteroatoms. The van der Waals surface area contributed by atoms with Crippen LogP contribution in [0.3, 0.4) is 0 Å². The van der Waals surface area contributed by atoms with Crippen LogP contribution in [0.15, 0.2) is 83.0 Å². The highest BCUT2D eigenvalue weighted by atomic mass is 35.5. The van der Waals surface area contributed by atoms with E-state index in [1.807, 2.05) is 4.72 Å². The molecule has 0 radical (unpaired) electrons. The van der Waals surface area contributed by atoms with Gasteiger partial charge in [0.2, 0.25) is 0 Å². The fourth-order valence-electron chi connectivity index (χ4n) is 4.19. The van der Waals surface area contributed by atoms with Gasteiger partial charge in [0.15, 0.2) is 11.6 Å². The maximum atomic E-state index is 13.8. The lowest BCUT2D eigenvalue weighted by atomic mass is 10.2. The molecule has 10 nitrogen and oxygen atoms in total. The molecule has 6 rings (SSSR count). The molecule has 6 aromatic rings. The molecule has 46 heavy (non-hydrogen) atoms. The van der Waals surface area contributed by atoms with Crippen molar-refractivity contribution in [2.45, 2.75) is 9.79 Å². The number of ether oxygens (including phenoxy) is 1. The molecule has 3 aromatic carbocycles. The minimum atomic E-state index is -4.14. The number of pyridine rings is 1. The number of benzene rings is 3. The van der Waals surface area contributed by atoms with Crippen molar-refractivity contribution in [3.8, 4) is 5.75 Å². The number of anilines is 2. The second kappa shape index (κ2) is 12.9. The lowest BCUT2D eigenvalue weighted by molar-refractivity contribution is 0.415. The van der Waals surface area contributed by atoms with Gasteiger partial charge in [0.1, 0.15) is 27.2 Å². The molecule has 0 spiro atoms. The summed E-state index contributed by atoms with van der Waals surface area (Å²) in [4.78, 5) is 9.11. The Morgan fingerprint density at radius 2 is 1.33 bits per heavy atom. The summed E-state index contributed by atoms with van der Waals surface area (Å²) in [7, 11) is -6.67. The van der Waals surface area contributed by atoms with Gasteiger partial charge in [0.25, 0.3) is 20.0 Å². The van der Waals surface area contributed by atoms with E-state index in [4.69, 9.17) is 39.5 Å². The summed E-state index contributed by atoms with van der Waals surface area (Å²) >= 11 is 16.9. The first-order valence-corrected chi connectivity index (χ1v) is 16.7. The number of methoxy groups -OCH3 is 1. The number of nitrogens with zero attached hydrogens (tertiary/aromatic N) is 1. The molecule has 0 bridgehead atoms. The van der Waals surface area contributed by atoms with Crippen molar-refractivity contribution in [3.63, 3.8) is 0 Å². The van der Waals surface area contributed by atoms with E-state index in [0.29, 0.717) is 44.7 Å². The lowest BCUT2D eigenvalue weighted by Crippen LogP contribution is -2.14. The third-order valence-electron chi connectivity index (χ3n) is 6.33. The number of halogens is 6. The average molecular weight is 733 g/mol. The fraction of sp³-hybridized carbons (Fsp3) is 0.0357. The lowest BCUT2D eigenvalue weighted by Gasteiger charge is -2.09. The topological polar surface area (TPSA) is 146 Å². The molecule has 0 fully saturated rings. The Balaban J connectivity index is 0.000000182. The number of nitrogens with one attached hydrogen (secondary N) is 4. The van der Waals surface area contributed by atoms with E-state index >= 15 is 0 Å². The molecule has 240 valence electrons. The van der Waals surface area contributed by atoms with Gasteiger partial charge in [0.05, 0.1) is 28.4 Å². The Morgan fingerprint density at radius 3 is 1.96 bits per heavy atom. The molecule has 0 saturated carbocycles. The Morgan fingerprint density at radius 1 is 0.717 bits per heavy atom. The maximum absolute atomic E-state index is 13.8. The first-order chi connectivity index (χ1) is 21.7. The third kappa shape index (κ3) is 6.98. The second-order valence-electron chi connectivity index (χ2n) is 9.35. The van der Waals surface area contributed by atoms with Crippen LogP contribution < -0.4 is 14.2 Å². The molecular formula is C28H19Cl3F3N5O5S2. The van der Waals surface area contributed by atoms with Crippen LogP contribution in [-0.4, -0.2) is 38.9 Å². The first kappa shape index (κ1) is 33.2. The van der Waals surface area contributed by atoms with E-state index in [-0.39, 0.29) is 14.8 Å². The van der Waals surface area contributed by atoms with Crippen LogP contribution in [0.25, 0.3) is 21.8 Å². The molecule has 4 N–H and O–H groups in total. The van der Waals surface area contributed by atoms with Crippen LogP contribution in [0.1, 0.15) is 0 Å². The van der Waals surface area contributed by atoms with Gasteiger partial charge in [-0.25, -0.2) is 35.0 Å². The summed E-state index contributed by atoms with van der Waals surface area (Å²) in [5.41, 5.74) is 0.551. The van der Waals surface area contributed by atoms with Crippen molar-refractivity contribution < 1.29 is 34.7 Å². The third-order valence-corrected chi connectivity index (χ3v) is 9.84. The van der Waals surface area contributed by atoms with Crippen LogP contribution in [0.4, 0.5) is 24.7 Å². The molecule has 3 aromatic heterocycles. The first-order valence-electron chi connectivity index (χ1n) is 12.6. The molecule has 0 unspecified atom stereocenters. The minimum absolute atomic E-state index is 0.0321. The molecule has 3 heterocycles. The summed E-state index contributed by atoms with van der Waals surface area (Å²) in [6.45, 7) is 0. The van der Waals surface area contributed by atoms with Crippen molar-refractivity contribution in [2.24, 2.45) is 0 Å². The van der Waals surface area contributed by atoms with Crippen LogP contribution in [0.5, 0.6) is 5.75 Å². The van der Waals surface area contributed by atoms with Gasteiger partial charge in [-0.1, -0.05) is 34.8 Å². The Bertz CT molecular complexity index is 2330. The zero-order valence-electron chi connectivity index (χ0n) is 23.0. The summed E-state index contributed by atoms with van der Waals surface area (Å²) in [5, 5.41) is 0.929. The number of aromatic amines is 2. The van der Waals surface area contributed by atoms with Gasteiger partial charge in [-0.15, -0.1) is 0 Å². The maximum Gasteiger partial charge on any atom is 0.265 e. The Kier molecular flexibility index (Phi) is 9.33. The SMILES string of the molecule is COc1ccc2c(S(=O)(=O)Nc3cc(F)c(Cl)cc3F)c[nH]c2c1.O=S(=O)(Nc1ncc(Cl)cc1F)c1c[nH]c2cc(Cl)ccc12. The van der Waals surface area contributed by atoms with Crippen LogP contribution in [-0.2, 0) is 20.0 Å². The number of hydrogen-bond acceptors (Lipinski definition) is 6. The highest BCUT2D eigenvalue weighted by Crippen LogP contribution is 2.30. The number of sulfonamides is 2. The van der Waals surface area contributed by atoms with Crippen molar-refractivity contribution in [3.05, 3.63) is 106 Å². The summed E-state index contributed by atoms with van der Waals surface area (Å²) < 4.78 is 99.9. The highest BCUT2D eigenvalue weighted by molar-refractivity contribution is 7.93. The number of rotatable bonds is 7. The van der Waals surface area contributed by atoms with Gasteiger partial charge in [-0.05, 0) is 42.5 Å². The predicted molar refractivity (Wildman–Crippen MR) is 170 cm³/mol. The van der Waals surface area contributed by atoms with Gasteiger partial charge in [-0.2, -0.15) is 0 Å². The van der Waals surface area contributed by atoms with Crippen molar-refractivity contribution in [1.29, 1.82) is 0 Å². The van der Waals surface area contributed by atoms with Crippen molar-refractivity contribution in [2.75, 3.05) is 16.6 Å². The molecule has 0 aliphatic rings. The van der Waals surface area contributed by atoms with E-state index in [2.05, 4.69) is 19.7 Å². The largest absolute Gasteiger partial charge is 0.497 e. The average Bonchev–Trinajstić information content (AvgIpc) is 3.62. The molecule has 0 aliphatic heterocycles. The smallest absolute Gasteiger partial charge is 0.265 e. The Labute approximate surface area is 274 Å². The van der Waals surface area contributed by atoms with E-state index in [1.54, 1.807) is 36.4 Å². The second-order valence-corrected chi connectivity index (χ2v) is 13.9. The zero-order chi connectivity index (χ0) is 33.4. The quantitative estimate of drug-likeness (QED) is 0.124. The molecular weight excluding hydrogens is 714 g/mol. The molecule has 0 aliphatic carbocycles. The van der Waals surface area contributed by atoms with E-state index in [9.17, 15) is 30.0 Å². The van der Waals surface area contributed by atoms with Gasteiger partial charge >= 0.3 is 0 Å². The molecule has 0 saturated heterocycles. The standard InChI is InChI=1S/C15H11ClF2N2O3S.C13H8Cl2FN3O2S/c1-23-8-2-3-9-13(4-8)19-7-15(9)24(21,22)20-14-6-11(17)10(16)5-12(14)18;14-7-1-2-9-11(4-7)17-6-12(9)22(20,21)19-13-10(16)3-8(15)5-18-13/h2-7,19-20H,1H3;1-6,17H,(H,18,19). The summed E-state index contributed by atoms with van der Waals surface area (Å²) in [5.74, 6) is -2.65. The Hall–Kier alpha value is -4.15. The van der Waals surface area contributed by atoms with Crippen LogP contribution in [0, 0.1) is 17.5 Å². The zero-order valence-corrected chi connectivity index (χ0v) is 26.9. The number of fused-ring (bicyclic) bond motifs is 2. The number of hydrogen-bond donors (Lipinski definition) is 4. The van der Waals surface area contributed by atoms with Gasteiger partial charge < -0.3 is 14.7 Å².